The Hall–Kier alpha value is -3.89. The van der Waals surface area contributed by atoms with E-state index in [2.05, 4.69) is 30.3 Å². The number of ether oxygens (including phenoxy) is 1. The van der Waals surface area contributed by atoms with E-state index in [1.807, 2.05) is 0 Å². The number of hydrogen-bond acceptors (Lipinski definition) is 6. The van der Waals surface area contributed by atoms with Gasteiger partial charge in [0.1, 0.15) is 17.9 Å². The molecule has 0 bridgehead atoms. The van der Waals surface area contributed by atoms with Crippen molar-refractivity contribution in [1.29, 1.82) is 0 Å². The summed E-state index contributed by atoms with van der Waals surface area (Å²) < 4.78 is 41.7. The van der Waals surface area contributed by atoms with E-state index in [4.69, 9.17) is 0 Å². The van der Waals surface area contributed by atoms with Crippen LogP contribution in [0.4, 0.5) is 35.3 Å². The summed E-state index contributed by atoms with van der Waals surface area (Å²) in [5.41, 5.74) is 1.46. The van der Waals surface area contributed by atoms with Gasteiger partial charge in [0, 0.05) is 24.8 Å². The Morgan fingerprint density at radius 1 is 1.19 bits per heavy atom. The predicted molar refractivity (Wildman–Crippen MR) is 108 cm³/mol. The second-order valence-electron chi connectivity index (χ2n) is 6.60. The van der Waals surface area contributed by atoms with Crippen LogP contribution in [0.15, 0.2) is 55.0 Å². The molecule has 0 saturated heterocycles. The van der Waals surface area contributed by atoms with Gasteiger partial charge in [-0.1, -0.05) is 12.1 Å². The van der Waals surface area contributed by atoms with Crippen LogP contribution in [0.25, 0.3) is 11.3 Å². The molecule has 3 heterocycles. The van der Waals surface area contributed by atoms with Gasteiger partial charge in [-0.2, -0.15) is 0 Å². The molecule has 0 spiro atoms. The number of rotatable bonds is 3. The van der Waals surface area contributed by atoms with E-state index in [-0.39, 0.29) is 5.75 Å². The second-order valence-corrected chi connectivity index (χ2v) is 6.60. The highest BCUT2D eigenvalue weighted by molar-refractivity contribution is 6.02. The molecule has 11 heteroatoms. The highest BCUT2D eigenvalue weighted by Crippen LogP contribution is 2.32. The zero-order valence-electron chi connectivity index (χ0n) is 16.1. The Balaban J connectivity index is 1.65. The van der Waals surface area contributed by atoms with Crippen LogP contribution in [0.1, 0.15) is 6.42 Å². The van der Waals surface area contributed by atoms with Crippen molar-refractivity contribution in [2.45, 2.75) is 12.8 Å². The molecule has 0 saturated carbocycles. The summed E-state index contributed by atoms with van der Waals surface area (Å²) in [6.07, 6.45) is -1.29. The summed E-state index contributed by atoms with van der Waals surface area (Å²) in [6, 6.07) is 10.1. The van der Waals surface area contributed by atoms with E-state index in [1.54, 1.807) is 24.3 Å². The molecule has 8 nitrogen and oxygen atoms in total. The van der Waals surface area contributed by atoms with E-state index >= 15 is 0 Å². The largest absolute Gasteiger partial charge is 0.573 e. The van der Waals surface area contributed by atoms with Crippen molar-refractivity contribution in [2.24, 2.45) is 0 Å². The molecule has 1 aliphatic heterocycles. The number of alkyl halides is 3. The average Bonchev–Trinajstić information content (AvgIpc) is 2.95. The van der Waals surface area contributed by atoms with E-state index < -0.39 is 12.4 Å². The van der Waals surface area contributed by atoms with Crippen LogP contribution >= 0.6 is 0 Å². The number of anilines is 3. The highest BCUT2D eigenvalue weighted by atomic mass is 19.4. The smallest absolute Gasteiger partial charge is 0.406 e. The molecule has 4 rings (SSSR count). The number of aromatic nitrogens is 3. The Bertz CT molecular complexity index is 1080. The summed E-state index contributed by atoms with van der Waals surface area (Å²) in [5.74, 6) is 0.355. The van der Waals surface area contributed by atoms with Crippen LogP contribution in [0.2, 0.25) is 0 Å². The molecule has 0 fully saturated rings. The maximum absolute atomic E-state index is 12.9. The molecule has 160 valence electrons. The SMILES string of the molecule is O=C(Nc1ccncn1)N1CCCNc2ccc(-c3cccc(OC(F)(F)F)c3)nc21. The minimum absolute atomic E-state index is 0.340. The molecule has 0 aliphatic carbocycles. The molecular formula is C20H17F3N6O2. The molecular weight excluding hydrogens is 413 g/mol. The number of hydrogen-bond donors (Lipinski definition) is 2. The molecule has 0 atom stereocenters. The lowest BCUT2D eigenvalue weighted by molar-refractivity contribution is -0.274. The van der Waals surface area contributed by atoms with Crippen molar-refractivity contribution >= 4 is 23.4 Å². The second kappa shape index (κ2) is 8.46. The van der Waals surface area contributed by atoms with Crippen molar-refractivity contribution in [1.82, 2.24) is 15.0 Å². The first kappa shape index (κ1) is 20.4. The summed E-state index contributed by atoms with van der Waals surface area (Å²) in [4.78, 5) is 26.7. The van der Waals surface area contributed by atoms with Crippen molar-refractivity contribution in [3.05, 3.63) is 55.0 Å². The Labute approximate surface area is 175 Å². The number of benzene rings is 1. The minimum atomic E-state index is -4.79. The van der Waals surface area contributed by atoms with Gasteiger partial charge in [0.2, 0.25) is 0 Å². The zero-order valence-corrected chi connectivity index (χ0v) is 16.1. The lowest BCUT2D eigenvalue weighted by Gasteiger charge is -2.22. The van der Waals surface area contributed by atoms with Crippen LogP contribution in [0, 0.1) is 0 Å². The summed E-state index contributed by atoms with van der Waals surface area (Å²) in [5, 5.41) is 5.91. The zero-order chi connectivity index (χ0) is 21.8. The van der Waals surface area contributed by atoms with Gasteiger partial charge in [0.25, 0.3) is 0 Å². The number of carbonyl (C=O) groups is 1. The van der Waals surface area contributed by atoms with E-state index in [0.29, 0.717) is 48.1 Å². The average molecular weight is 430 g/mol. The van der Waals surface area contributed by atoms with Crippen LogP contribution in [0.3, 0.4) is 0 Å². The number of nitrogens with zero attached hydrogens (tertiary/aromatic N) is 4. The Kier molecular flexibility index (Phi) is 5.56. The predicted octanol–water partition coefficient (Wildman–Crippen LogP) is 4.29. The molecule has 1 aromatic carbocycles. The number of fused-ring (bicyclic) bond motifs is 1. The lowest BCUT2D eigenvalue weighted by Crippen LogP contribution is -2.36. The first-order chi connectivity index (χ1) is 14.9. The first-order valence-electron chi connectivity index (χ1n) is 9.35. The van der Waals surface area contributed by atoms with Gasteiger partial charge in [0.15, 0.2) is 5.82 Å². The van der Waals surface area contributed by atoms with Crippen molar-refractivity contribution in [3.8, 4) is 17.0 Å². The summed E-state index contributed by atoms with van der Waals surface area (Å²) in [7, 11) is 0. The molecule has 31 heavy (non-hydrogen) atoms. The minimum Gasteiger partial charge on any atom is -0.406 e. The fourth-order valence-electron chi connectivity index (χ4n) is 3.11. The summed E-state index contributed by atoms with van der Waals surface area (Å²) in [6.45, 7) is 1.03. The molecule has 2 amide bonds. The van der Waals surface area contributed by atoms with Gasteiger partial charge in [-0.3, -0.25) is 10.2 Å². The fraction of sp³-hybridized carbons (Fsp3) is 0.200. The number of urea groups is 1. The summed E-state index contributed by atoms with van der Waals surface area (Å²) >= 11 is 0. The number of pyridine rings is 1. The van der Waals surface area contributed by atoms with Crippen molar-refractivity contribution in [3.63, 3.8) is 0 Å². The van der Waals surface area contributed by atoms with Crippen LogP contribution < -0.4 is 20.3 Å². The van der Waals surface area contributed by atoms with Crippen LogP contribution in [-0.2, 0) is 0 Å². The third kappa shape index (κ3) is 5.00. The van der Waals surface area contributed by atoms with Gasteiger partial charge in [-0.05, 0) is 36.8 Å². The van der Waals surface area contributed by atoms with Crippen LogP contribution in [-0.4, -0.2) is 40.4 Å². The van der Waals surface area contributed by atoms with Gasteiger partial charge >= 0.3 is 12.4 Å². The number of halogens is 3. The third-order valence-electron chi connectivity index (χ3n) is 4.43. The highest BCUT2D eigenvalue weighted by Gasteiger charge is 2.31. The fourth-order valence-corrected chi connectivity index (χ4v) is 3.11. The molecule has 2 aromatic heterocycles. The molecule has 3 aromatic rings. The van der Waals surface area contributed by atoms with Gasteiger partial charge in [-0.15, -0.1) is 13.2 Å². The van der Waals surface area contributed by atoms with Gasteiger partial charge in [-0.25, -0.2) is 19.7 Å². The Morgan fingerprint density at radius 3 is 2.84 bits per heavy atom. The van der Waals surface area contributed by atoms with E-state index in [1.165, 1.54) is 35.6 Å². The van der Waals surface area contributed by atoms with Crippen molar-refractivity contribution in [2.75, 3.05) is 28.6 Å². The maximum atomic E-state index is 12.9. The quantitative estimate of drug-likeness (QED) is 0.644. The Morgan fingerprint density at radius 2 is 2.06 bits per heavy atom. The topological polar surface area (TPSA) is 92.3 Å². The van der Waals surface area contributed by atoms with E-state index in [0.717, 1.165) is 0 Å². The normalized spacial score (nSPS) is 13.6. The van der Waals surface area contributed by atoms with Gasteiger partial charge < -0.3 is 10.1 Å². The monoisotopic (exact) mass is 430 g/mol. The number of nitrogens with one attached hydrogen (secondary N) is 2. The standard InChI is InChI=1S/C20H17F3N6O2/c21-20(22,23)31-14-4-1-3-13(11-14)15-5-6-16-18(27-15)29(10-2-8-25-16)19(30)28-17-7-9-24-12-26-17/h1,3-7,9,11-12,25H,2,8,10H2,(H,24,26,28,30). The first-order valence-corrected chi connectivity index (χ1v) is 9.35. The van der Waals surface area contributed by atoms with Gasteiger partial charge in [0.05, 0.1) is 11.4 Å². The molecule has 0 unspecified atom stereocenters. The molecule has 2 N–H and O–H groups in total. The van der Waals surface area contributed by atoms with Crippen molar-refractivity contribution < 1.29 is 22.7 Å². The third-order valence-corrected chi connectivity index (χ3v) is 4.43. The van der Waals surface area contributed by atoms with E-state index in [9.17, 15) is 18.0 Å². The molecule has 1 aliphatic rings. The lowest BCUT2D eigenvalue weighted by atomic mass is 10.1. The molecule has 0 radical (unpaired) electrons. The number of amides is 2. The number of carbonyl (C=O) groups excluding carboxylic acids is 1. The van der Waals surface area contributed by atoms with Crippen LogP contribution in [0.5, 0.6) is 5.75 Å². The maximum Gasteiger partial charge on any atom is 0.573 e.